The van der Waals surface area contributed by atoms with Gasteiger partial charge in [-0.2, -0.15) is 5.26 Å². The third-order valence-corrected chi connectivity index (χ3v) is 3.88. The minimum atomic E-state index is -0.383. The van der Waals surface area contributed by atoms with Gasteiger partial charge in [-0.05, 0) is 24.8 Å². The number of ether oxygens (including phenoxy) is 1. The number of nitriles is 1. The van der Waals surface area contributed by atoms with Gasteiger partial charge in [0.2, 0.25) is 5.91 Å². The molecule has 23 heavy (non-hydrogen) atoms. The van der Waals surface area contributed by atoms with E-state index in [1.165, 1.54) is 38.2 Å². The first-order chi connectivity index (χ1) is 11.2. The molecule has 1 aromatic heterocycles. The Morgan fingerprint density at radius 3 is 2.91 bits per heavy atom. The fourth-order valence-electron chi connectivity index (χ4n) is 2.67. The fraction of sp³-hybridized carbons (Fsp3) is 0.389. The number of pyridine rings is 1. The molecule has 1 aromatic rings. The zero-order valence-corrected chi connectivity index (χ0v) is 13.3. The van der Waals surface area contributed by atoms with E-state index in [4.69, 9.17) is 10.00 Å². The Balaban J connectivity index is 2.11. The van der Waals surface area contributed by atoms with Crippen molar-refractivity contribution >= 4 is 17.8 Å². The average molecular weight is 311 g/mol. The van der Waals surface area contributed by atoms with E-state index >= 15 is 0 Å². The van der Waals surface area contributed by atoms with E-state index in [0.717, 1.165) is 11.6 Å². The molecule has 120 valence electrons. The molecular weight excluding hydrogens is 290 g/mol. The first kappa shape index (κ1) is 16.8. The summed E-state index contributed by atoms with van der Waals surface area (Å²) in [6.07, 6.45) is 14.5. The lowest BCUT2D eigenvalue weighted by Crippen LogP contribution is -2.09. The molecular formula is C18H21N3O2. The van der Waals surface area contributed by atoms with Gasteiger partial charge in [0.05, 0.1) is 19.4 Å². The predicted octanol–water partition coefficient (Wildman–Crippen LogP) is 3.70. The smallest absolute Gasteiger partial charge is 0.250 e. The van der Waals surface area contributed by atoms with Crippen molar-refractivity contribution in [2.45, 2.75) is 32.1 Å². The molecule has 1 aliphatic carbocycles. The number of amides is 1. The quantitative estimate of drug-likeness (QED) is 0.664. The second kappa shape index (κ2) is 8.74. The van der Waals surface area contributed by atoms with Gasteiger partial charge in [-0.25, -0.2) is 4.98 Å². The summed E-state index contributed by atoms with van der Waals surface area (Å²) in [5.74, 6) is 1.33. The van der Waals surface area contributed by atoms with Crippen LogP contribution in [0.3, 0.4) is 0 Å². The van der Waals surface area contributed by atoms with E-state index in [1.807, 2.05) is 6.08 Å². The van der Waals surface area contributed by atoms with E-state index in [-0.39, 0.29) is 5.91 Å². The molecule has 0 aromatic carbocycles. The number of allylic oxidation sites excluding steroid dienone is 2. The number of anilines is 1. The van der Waals surface area contributed by atoms with Crippen LogP contribution in [0.1, 0.15) is 37.7 Å². The largest absolute Gasteiger partial charge is 0.495 e. The maximum Gasteiger partial charge on any atom is 0.250 e. The Morgan fingerprint density at radius 1 is 1.43 bits per heavy atom. The fourth-order valence-corrected chi connectivity index (χ4v) is 2.67. The Bertz CT molecular complexity index is 638. The number of nitrogens with zero attached hydrogens (tertiary/aromatic N) is 2. The molecule has 1 fully saturated rings. The summed E-state index contributed by atoms with van der Waals surface area (Å²) in [5, 5.41) is 11.1. The van der Waals surface area contributed by atoms with Crippen LogP contribution >= 0.6 is 0 Å². The predicted molar refractivity (Wildman–Crippen MR) is 89.8 cm³/mol. The van der Waals surface area contributed by atoms with Gasteiger partial charge < -0.3 is 10.1 Å². The second-order valence-corrected chi connectivity index (χ2v) is 5.52. The monoisotopic (exact) mass is 311 g/mol. The molecule has 0 bridgehead atoms. The van der Waals surface area contributed by atoms with Gasteiger partial charge in [0.25, 0.3) is 0 Å². The number of methoxy groups -OCH3 is 1. The first-order valence-corrected chi connectivity index (χ1v) is 7.82. The average Bonchev–Trinajstić information content (AvgIpc) is 2.59. The van der Waals surface area contributed by atoms with Crippen LogP contribution in [-0.4, -0.2) is 18.0 Å². The lowest BCUT2D eigenvalue weighted by atomic mass is 9.89. The number of nitrogens with one attached hydrogen (secondary N) is 1. The summed E-state index contributed by atoms with van der Waals surface area (Å²) < 4.78 is 5.33. The Labute approximate surface area is 136 Å². The second-order valence-electron chi connectivity index (χ2n) is 5.52. The van der Waals surface area contributed by atoms with Crippen molar-refractivity contribution in [1.29, 1.82) is 5.26 Å². The van der Waals surface area contributed by atoms with Crippen LogP contribution in [0.2, 0.25) is 0 Å². The van der Waals surface area contributed by atoms with E-state index in [1.54, 1.807) is 25.4 Å². The highest BCUT2D eigenvalue weighted by Crippen LogP contribution is 2.27. The molecule has 0 atom stereocenters. The van der Waals surface area contributed by atoms with E-state index < -0.39 is 0 Å². The number of rotatable bonds is 5. The minimum absolute atomic E-state index is 0.383. The van der Waals surface area contributed by atoms with Crippen LogP contribution in [-0.2, 0) is 4.79 Å². The number of hydrogen-bond acceptors (Lipinski definition) is 4. The van der Waals surface area contributed by atoms with Crippen molar-refractivity contribution < 1.29 is 9.53 Å². The summed E-state index contributed by atoms with van der Waals surface area (Å²) >= 11 is 0. The highest BCUT2D eigenvalue weighted by atomic mass is 16.5. The summed E-state index contributed by atoms with van der Waals surface area (Å²) in [6.45, 7) is 0. The number of carbonyl (C=O) groups is 1. The molecule has 5 nitrogen and oxygen atoms in total. The Kier molecular flexibility index (Phi) is 6.37. The molecule has 1 heterocycles. The highest BCUT2D eigenvalue weighted by Gasteiger charge is 2.11. The number of carbonyl (C=O) groups excluding carboxylic acids is 1. The maximum atomic E-state index is 11.6. The molecule has 1 saturated carbocycles. The van der Waals surface area contributed by atoms with Crippen LogP contribution < -0.4 is 10.1 Å². The van der Waals surface area contributed by atoms with Crippen molar-refractivity contribution in [3.63, 3.8) is 0 Å². The zero-order valence-electron chi connectivity index (χ0n) is 13.3. The van der Waals surface area contributed by atoms with Crippen LogP contribution in [0, 0.1) is 17.2 Å². The zero-order chi connectivity index (χ0) is 16.5. The van der Waals surface area contributed by atoms with Gasteiger partial charge in [-0.3, -0.25) is 4.79 Å². The maximum absolute atomic E-state index is 11.6. The van der Waals surface area contributed by atoms with Crippen molar-refractivity contribution in [3.8, 4) is 11.8 Å². The van der Waals surface area contributed by atoms with Crippen molar-refractivity contribution in [2.75, 3.05) is 12.4 Å². The molecule has 0 aliphatic heterocycles. The molecule has 5 heteroatoms. The summed E-state index contributed by atoms with van der Waals surface area (Å²) in [5.41, 5.74) is 0.882. The molecule has 0 saturated heterocycles. The summed E-state index contributed by atoms with van der Waals surface area (Å²) in [6, 6.07) is 3.55. The van der Waals surface area contributed by atoms with Gasteiger partial charge >= 0.3 is 0 Å². The third kappa shape index (κ3) is 5.26. The van der Waals surface area contributed by atoms with Gasteiger partial charge in [-0.15, -0.1) is 0 Å². The van der Waals surface area contributed by atoms with Gasteiger partial charge in [-0.1, -0.05) is 31.4 Å². The normalized spacial score (nSPS) is 15.7. The van der Waals surface area contributed by atoms with E-state index in [0.29, 0.717) is 17.5 Å². The molecule has 1 amide bonds. The van der Waals surface area contributed by atoms with E-state index in [9.17, 15) is 4.79 Å². The number of hydrogen-bond donors (Lipinski definition) is 1. The number of aromatic nitrogens is 1. The molecule has 0 radical (unpaired) electrons. The Morgan fingerprint density at radius 2 is 2.22 bits per heavy atom. The third-order valence-electron chi connectivity index (χ3n) is 3.88. The minimum Gasteiger partial charge on any atom is -0.495 e. The summed E-state index contributed by atoms with van der Waals surface area (Å²) in [7, 11) is 1.60. The first-order valence-electron chi connectivity index (χ1n) is 7.82. The molecule has 0 unspecified atom stereocenters. The lowest BCUT2D eigenvalue weighted by Gasteiger charge is -2.18. The Hall–Kier alpha value is -2.61. The van der Waals surface area contributed by atoms with Crippen molar-refractivity contribution in [1.82, 2.24) is 4.98 Å². The van der Waals surface area contributed by atoms with Crippen LogP contribution in [0.4, 0.5) is 5.82 Å². The van der Waals surface area contributed by atoms with Gasteiger partial charge in [0.1, 0.15) is 11.6 Å². The molecule has 1 N–H and O–H groups in total. The van der Waals surface area contributed by atoms with E-state index in [2.05, 4.69) is 16.4 Å². The highest BCUT2D eigenvalue weighted by molar-refractivity contribution is 5.99. The van der Waals surface area contributed by atoms with Crippen molar-refractivity contribution in [2.24, 2.45) is 5.92 Å². The lowest BCUT2D eigenvalue weighted by molar-refractivity contribution is -0.111. The molecule has 1 aliphatic rings. The van der Waals surface area contributed by atoms with Crippen LogP contribution in [0.15, 0.2) is 30.5 Å². The summed E-state index contributed by atoms with van der Waals surface area (Å²) in [4.78, 5) is 15.7. The van der Waals surface area contributed by atoms with Gasteiger partial charge in [0, 0.05) is 17.7 Å². The van der Waals surface area contributed by atoms with Crippen LogP contribution in [0.5, 0.6) is 5.75 Å². The SMILES string of the molecule is COc1cnc(NC(=O)/C=C/C#N)cc1/C=C/C1CCCCC1. The van der Waals surface area contributed by atoms with Crippen LogP contribution in [0.25, 0.3) is 6.08 Å². The topological polar surface area (TPSA) is 75.0 Å². The standard InChI is InChI=1S/C18H21N3O2/c1-23-16-13-20-17(21-18(22)8-5-11-19)12-15(16)10-9-14-6-3-2-4-7-14/h5,8-10,12-14H,2-4,6-7H2,1H3,(H,20,21,22)/b8-5+,10-9+. The molecule has 2 rings (SSSR count). The van der Waals surface area contributed by atoms with Crippen molar-refractivity contribution in [3.05, 3.63) is 36.1 Å². The molecule has 0 spiro atoms. The van der Waals surface area contributed by atoms with Gasteiger partial charge in [0.15, 0.2) is 0 Å².